The van der Waals surface area contributed by atoms with Crippen LogP contribution in [0.25, 0.3) is 22.3 Å². The number of hydrogen-bond donors (Lipinski definition) is 1. The number of aromatic nitrogens is 3. The average molecular weight is 582 g/mol. The number of halogens is 1. The number of hydrogen-bond acceptors (Lipinski definition) is 6. The van der Waals surface area contributed by atoms with E-state index in [1.165, 1.54) is 12.1 Å². The number of carbonyl (C=O) groups is 1. The topological polar surface area (TPSA) is 95.7 Å². The van der Waals surface area contributed by atoms with Crippen molar-refractivity contribution in [2.24, 2.45) is 0 Å². The summed E-state index contributed by atoms with van der Waals surface area (Å²) in [4.78, 5) is 20.8. The molecular formula is C34H32FN3O5. The van der Waals surface area contributed by atoms with Crippen molar-refractivity contribution in [2.45, 2.75) is 45.4 Å². The smallest absolute Gasteiger partial charge is 0.335 e. The van der Waals surface area contributed by atoms with Crippen molar-refractivity contribution in [1.82, 2.24) is 14.5 Å². The van der Waals surface area contributed by atoms with Gasteiger partial charge in [0.15, 0.2) is 0 Å². The number of ether oxygens (including phenoxy) is 3. The lowest BCUT2D eigenvalue weighted by atomic mass is 10.1. The van der Waals surface area contributed by atoms with E-state index in [-0.39, 0.29) is 23.9 Å². The van der Waals surface area contributed by atoms with E-state index in [1.807, 2.05) is 47.9 Å². The molecule has 1 aliphatic carbocycles. The number of aryl methyl sites for hydroxylation is 1. The van der Waals surface area contributed by atoms with E-state index < -0.39 is 5.97 Å². The Kier molecular flexibility index (Phi) is 8.07. The van der Waals surface area contributed by atoms with Gasteiger partial charge in [0.1, 0.15) is 24.0 Å². The number of carboxylic acids is 1. The van der Waals surface area contributed by atoms with Crippen LogP contribution in [0.1, 0.15) is 45.7 Å². The van der Waals surface area contributed by atoms with Gasteiger partial charge in [-0.15, -0.1) is 0 Å². The Morgan fingerprint density at radius 2 is 1.86 bits per heavy atom. The van der Waals surface area contributed by atoms with Crippen LogP contribution in [0.15, 0.2) is 72.8 Å². The molecule has 0 saturated heterocycles. The summed E-state index contributed by atoms with van der Waals surface area (Å²) in [5.41, 5.74) is 5.24. The Labute approximate surface area is 248 Å². The molecule has 1 aliphatic rings. The molecule has 0 unspecified atom stereocenters. The maximum atomic E-state index is 15.5. The number of benzene rings is 3. The van der Waals surface area contributed by atoms with Gasteiger partial charge in [0, 0.05) is 37.3 Å². The molecule has 3 aromatic carbocycles. The summed E-state index contributed by atoms with van der Waals surface area (Å²) in [5.74, 6) is 0.497. The fraction of sp³-hybridized carbons (Fsp3) is 0.265. The van der Waals surface area contributed by atoms with E-state index in [0.717, 1.165) is 29.7 Å². The first-order valence-corrected chi connectivity index (χ1v) is 14.2. The molecule has 0 radical (unpaired) electrons. The molecule has 0 spiro atoms. The Hall–Kier alpha value is -4.76. The van der Waals surface area contributed by atoms with Gasteiger partial charge in [-0.2, -0.15) is 0 Å². The number of nitrogens with zero attached hydrogens (tertiary/aromatic N) is 3. The zero-order valence-corrected chi connectivity index (χ0v) is 24.0. The van der Waals surface area contributed by atoms with Crippen LogP contribution in [0.3, 0.4) is 0 Å². The minimum atomic E-state index is -1.02. The highest BCUT2D eigenvalue weighted by atomic mass is 19.1. The SMILES string of the molecule is COCCn1c(Cc2ccc(-c3cccc(OCc4ccc(C)cc4OC4CC4)n3)cc2F)nc2ccc(C(=O)O)cc21. The molecule has 5 aromatic rings. The molecule has 8 nitrogen and oxygen atoms in total. The average Bonchev–Trinajstić information content (AvgIpc) is 3.75. The highest BCUT2D eigenvalue weighted by molar-refractivity contribution is 5.92. The van der Waals surface area contributed by atoms with Crippen molar-refractivity contribution in [3.63, 3.8) is 0 Å². The Balaban J connectivity index is 1.20. The van der Waals surface area contributed by atoms with E-state index in [4.69, 9.17) is 14.2 Å². The summed E-state index contributed by atoms with van der Waals surface area (Å²) in [6.07, 6.45) is 2.67. The van der Waals surface area contributed by atoms with Gasteiger partial charge in [-0.1, -0.05) is 30.3 Å². The second kappa shape index (κ2) is 12.2. The first-order valence-electron chi connectivity index (χ1n) is 14.2. The summed E-state index contributed by atoms with van der Waals surface area (Å²) in [6.45, 7) is 3.21. The lowest BCUT2D eigenvalue weighted by molar-refractivity contribution is 0.0697. The number of rotatable bonds is 12. The maximum absolute atomic E-state index is 15.5. The Morgan fingerprint density at radius 1 is 1.02 bits per heavy atom. The zero-order chi connectivity index (χ0) is 29.9. The second-order valence-electron chi connectivity index (χ2n) is 10.7. The number of carboxylic acid groups (broad SMARTS) is 1. The third-order valence-corrected chi connectivity index (χ3v) is 7.43. The Bertz CT molecular complexity index is 1800. The first-order chi connectivity index (χ1) is 20.9. The van der Waals surface area contributed by atoms with Crippen LogP contribution in [-0.4, -0.2) is 45.4 Å². The van der Waals surface area contributed by atoms with E-state index in [2.05, 4.69) is 9.97 Å². The standard InChI is InChI=1S/C34H32FN3O5/c1-21-6-7-25(31(16-21)43-26-11-12-26)20-42-33-5-3-4-28(37-33)23-9-8-22(27(35)17-23)19-32-36-29-13-10-24(34(39)40)18-30(29)38(32)14-15-41-2/h3-10,13,16-18,26H,11-12,14-15,19-20H2,1-2H3,(H,39,40). The van der Waals surface area contributed by atoms with Crippen LogP contribution >= 0.6 is 0 Å². The predicted octanol–water partition coefficient (Wildman–Crippen LogP) is 6.60. The third-order valence-electron chi connectivity index (χ3n) is 7.43. The maximum Gasteiger partial charge on any atom is 0.335 e. The number of aromatic carboxylic acids is 1. The number of imidazole rings is 1. The van der Waals surface area contributed by atoms with Gasteiger partial charge in [-0.3, -0.25) is 0 Å². The number of fused-ring (bicyclic) bond motifs is 1. The van der Waals surface area contributed by atoms with Crippen LogP contribution in [0.2, 0.25) is 0 Å². The van der Waals surface area contributed by atoms with Crippen molar-refractivity contribution >= 4 is 17.0 Å². The molecule has 0 atom stereocenters. The van der Waals surface area contributed by atoms with Gasteiger partial charge in [0.25, 0.3) is 0 Å². The molecule has 1 N–H and O–H groups in total. The molecule has 1 saturated carbocycles. The van der Waals surface area contributed by atoms with Gasteiger partial charge in [-0.05, 0) is 67.3 Å². The van der Waals surface area contributed by atoms with Crippen LogP contribution in [0.4, 0.5) is 4.39 Å². The molecular weight excluding hydrogens is 549 g/mol. The first kappa shape index (κ1) is 28.4. The second-order valence-corrected chi connectivity index (χ2v) is 10.7. The molecule has 43 heavy (non-hydrogen) atoms. The van der Waals surface area contributed by atoms with Crippen molar-refractivity contribution in [3.8, 4) is 22.9 Å². The van der Waals surface area contributed by atoms with Gasteiger partial charge < -0.3 is 23.9 Å². The van der Waals surface area contributed by atoms with Gasteiger partial charge >= 0.3 is 5.97 Å². The number of pyridine rings is 1. The zero-order valence-electron chi connectivity index (χ0n) is 24.0. The van der Waals surface area contributed by atoms with E-state index in [0.29, 0.717) is 59.3 Å². The number of methoxy groups -OCH3 is 1. The predicted molar refractivity (Wildman–Crippen MR) is 160 cm³/mol. The van der Waals surface area contributed by atoms with Crippen LogP contribution in [0.5, 0.6) is 11.6 Å². The minimum Gasteiger partial charge on any atom is -0.490 e. The Morgan fingerprint density at radius 3 is 2.63 bits per heavy atom. The fourth-order valence-corrected chi connectivity index (χ4v) is 4.96. The summed E-state index contributed by atoms with van der Waals surface area (Å²) in [5, 5.41) is 9.44. The minimum absolute atomic E-state index is 0.165. The van der Waals surface area contributed by atoms with Crippen LogP contribution in [-0.2, 0) is 24.3 Å². The molecule has 6 rings (SSSR count). The molecule has 2 heterocycles. The van der Waals surface area contributed by atoms with Crippen LogP contribution < -0.4 is 9.47 Å². The van der Waals surface area contributed by atoms with E-state index >= 15 is 4.39 Å². The molecule has 0 amide bonds. The molecule has 9 heteroatoms. The molecule has 0 bridgehead atoms. The lowest BCUT2D eigenvalue weighted by Crippen LogP contribution is -2.10. The molecule has 220 valence electrons. The van der Waals surface area contributed by atoms with E-state index in [1.54, 1.807) is 31.4 Å². The van der Waals surface area contributed by atoms with Crippen LogP contribution in [0, 0.1) is 12.7 Å². The van der Waals surface area contributed by atoms with Gasteiger partial charge in [0.2, 0.25) is 5.88 Å². The summed E-state index contributed by atoms with van der Waals surface area (Å²) < 4.78 is 34.7. The summed E-state index contributed by atoms with van der Waals surface area (Å²) in [7, 11) is 1.59. The molecule has 0 aliphatic heterocycles. The largest absolute Gasteiger partial charge is 0.490 e. The monoisotopic (exact) mass is 581 g/mol. The van der Waals surface area contributed by atoms with Crippen molar-refractivity contribution in [1.29, 1.82) is 0 Å². The van der Waals surface area contributed by atoms with Crippen molar-refractivity contribution < 1.29 is 28.5 Å². The van der Waals surface area contributed by atoms with E-state index in [9.17, 15) is 9.90 Å². The third kappa shape index (κ3) is 6.52. The quantitative estimate of drug-likeness (QED) is 0.177. The summed E-state index contributed by atoms with van der Waals surface area (Å²) in [6, 6.07) is 21.3. The normalized spacial score (nSPS) is 12.9. The highest BCUT2D eigenvalue weighted by Crippen LogP contribution is 2.31. The molecule has 2 aromatic heterocycles. The van der Waals surface area contributed by atoms with Crippen molar-refractivity contribution in [2.75, 3.05) is 13.7 Å². The summed E-state index contributed by atoms with van der Waals surface area (Å²) >= 11 is 0. The van der Waals surface area contributed by atoms with Gasteiger partial charge in [0.05, 0.1) is 35.0 Å². The highest BCUT2D eigenvalue weighted by Gasteiger charge is 2.24. The lowest BCUT2D eigenvalue weighted by Gasteiger charge is -2.13. The molecule has 1 fully saturated rings. The van der Waals surface area contributed by atoms with Crippen molar-refractivity contribution in [3.05, 3.63) is 107 Å². The fourth-order valence-electron chi connectivity index (χ4n) is 4.96. The van der Waals surface area contributed by atoms with Gasteiger partial charge in [-0.25, -0.2) is 19.2 Å².